The van der Waals surface area contributed by atoms with E-state index >= 15 is 0 Å². The van der Waals surface area contributed by atoms with E-state index in [1.54, 1.807) is 6.21 Å². The van der Waals surface area contributed by atoms with Crippen molar-refractivity contribution in [1.82, 2.24) is 0 Å². The third kappa shape index (κ3) is 19.1. The summed E-state index contributed by atoms with van der Waals surface area (Å²) < 4.78 is 0. The molecule has 52 valence electrons. The smallest absolute Gasteiger partial charge is 0.0264 e. The molecule has 1 heteroatoms. The highest BCUT2D eigenvalue weighted by Crippen LogP contribution is 1.66. The van der Waals surface area contributed by atoms with Gasteiger partial charge in [0.25, 0.3) is 0 Å². The van der Waals surface area contributed by atoms with Crippen LogP contribution < -0.4 is 0 Å². The molecule has 0 aliphatic carbocycles. The number of hydrogen-bond acceptors (Lipinski definition) is 1. The molecule has 0 N–H and O–H groups in total. The highest BCUT2D eigenvalue weighted by molar-refractivity contribution is 5.71. The van der Waals surface area contributed by atoms with Crippen LogP contribution in [-0.4, -0.2) is 6.21 Å². The van der Waals surface area contributed by atoms with Crippen molar-refractivity contribution in [3.05, 3.63) is 24.9 Å². The molecule has 0 saturated carbocycles. The Morgan fingerprint density at radius 2 is 1.89 bits per heavy atom. The van der Waals surface area contributed by atoms with E-state index in [9.17, 15) is 0 Å². The van der Waals surface area contributed by atoms with Gasteiger partial charge in [0.1, 0.15) is 0 Å². The Labute approximate surface area is 57.8 Å². The van der Waals surface area contributed by atoms with Crippen molar-refractivity contribution in [3.8, 4) is 0 Å². The van der Waals surface area contributed by atoms with E-state index in [1.807, 2.05) is 32.9 Å². The molecule has 0 spiro atoms. The van der Waals surface area contributed by atoms with Gasteiger partial charge in [-0.25, -0.2) is 0 Å². The highest BCUT2D eigenvalue weighted by Gasteiger charge is 1.52. The Morgan fingerprint density at radius 1 is 1.33 bits per heavy atom. The van der Waals surface area contributed by atoms with Crippen molar-refractivity contribution in [1.29, 1.82) is 0 Å². The lowest BCUT2D eigenvalue weighted by molar-refractivity contribution is 1.50. The lowest BCUT2D eigenvalue weighted by Gasteiger charge is -1.66. The second-order valence-electron chi connectivity index (χ2n) is 1.01. The standard InChI is InChI=1S/C6H9N.C2H6/c1-3-5-6-7-4-2;1-2/h3-6H,2H2,1H3;1-2H3/b5-3+,7-6?;. The topological polar surface area (TPSA) is 12.4 Å². The van der Waals surface area contributed by atoms with Crippen LogP contribution in [0.1, 0.15) is 20.8 Å². The summed E-state index contributed by atoms with van der Waals surface area (Å²) in [6.07, 6.45) is 6.95. The summed E-state index contributed by atoms with van der Waals surface area (Å²) in [6, 6.07) is 0. The first-order chi connectivity index (χ1) is 4.41. The molecule has 0 heterocycles. The van der Waals surface area contributed by atoms with Gasteiger partial charge in [0, 0.05) is 12.4 Å². The maximum atomic E-state index is 3.71. The van der Waals surface area contributed by atoms with E-state index in [0.717, 1.165) is 0 Å². The van der Waals surface area contributed by atoms with Crippen LogP contribution in [0.3, 0.4) is 0 Å². The predicted octanol–water partition coefficient (Wildman–Crippen LogP) is 2.80. The maximum Gasteiger partial charge on any atom is 0.0264 e. The molecule has 0 fully saturated rings. The van der Waals surface area contributed by atoms with Crippen LogP contribution in [0.4, 0.5) is 0 Å². The van der Waals surface area contributed by atoms with Crippen LogP contribution >= 0.6 is 0 Å². The zero-order valence-corrected chi connectivity index (χ0v) is 6.46. The molecule has 0 aliphatic heterocycles. The van der Waals surface area contributed by atoms with Crippen LogP contribution in [0.5, 0.6) is 0 Å². The molecular weight excluding hydrogens is 110 g/mol. The van der Waals surface area contributed by atoms with Gasteiger partial charge in [-0.3, -0.25) is 4.99 Å². The third-order valence-electron chi connectivity index (χ3n) is 0.470. The number of aliphatic imine (C=N–C) groups is 1. The zero-order valence-electron chi connectivity index (χ0n) is 6.46. The Balaban J connectivity index is 0. The Kier molecular flexibility index (Phi) is 19.2. The molecule has 0 amide bonds. The number of allylic oxidation sites excluding steroid dienone is 2. The third-order valence-corrected chi connectivity index (χ3v) is 0.470. The molecule has 9 heavy (non-hydrogen) atoms. The van der Waals surface area contributed by atoms with Crippen LogP contribution in [0.25, 0.3) is 0 Å². The molecule has 0 aromatic heterocycles. The minimum absolute atomic E-state index is 1.50. The molecular formula is C8H15N. The molecule has 0 atom stereocenters. The van der Waals surface area contributed by atoms with E-state index in [4.69, 9.17) is 0 Å². The van der Waals surface area contributed by atoms with E-state index in [-0.39, 0.29) is 0 Å². The van der Waals surface area contributed by atoms with Gasteiger partial charge in [0.15, 0.2) is 0 Å². The van der Waals surface area contributed by atoms with Crippen molar-refractivity contribution >= 4 is 6.21 Å². The van der Waals surface area contributed by atoms with E-state index in [0.29, 0.717) is 0 Å². The minimum atomic E-state index is 1.50. The number of rotatable bonds is 2. The summed E-state index contributed by atoms with van der Waals surface area (Å²) in [7, 11) is 0. The van der Waals surface area contributed by atoms with Crippen molar-refractivity contribution in [2.45, 2.75) is 20.8 Å². The average Bonchev–Trinajstić information content (AvgIpc) is 1.94. The minimum Gasteiger partial charge on any atom is -0.265 e. The van der Waals surface area contributed by atoms with Gasteiger partial charge >= 0.3 is 0 Å². The van der Waals surface area contributed by atoms with Gasteiger partial charge in [-0.05, 0) is 13.0 Å². The fraction of sp³-hybridized carbons (Fsp3) is 0.375. The van der Waals surface area contributed by atoms with Gasteiger partial charge < -0.3 is 0 Å². The Hall–Kier alpha value is -0.850. The molecule has 0 saturated heterocycles. The van der Waals surface area contributed by atoms with Crippen molar-refractivity contribution < 1.29 is 0 Å². The predicted molar refractivity (Wildman–Crippen MR) is 44.9 cm³/mol. The fourth-order valence-electron chi connectivity index (χ4n) is 0.197. The van der Waals surface area contributed by atoms with Gasteiger partial charge in [0.2, 0.25) is 0 Å². The summed E-state index contributed by atoms with van der Waals surface area (Å²) in [6.45, 7) is 9.34. The first-order valence-corrected chi connectivity index (χ1v) is 3.17. The summed E-state index contributed by atoms with van der Waals surface area (Å²) in [5.41, 5.74) is 0. The number of hydrogen-bond donors (Lipinski definition) is 0. The number of nitrogens with zero attached hydrogens (tertiary/aromatic N) is 1. The van der Waals surface area contributed by atoms with E-state index in [2.05, 4.69) is 11.6 Å². The fourth-order valence-corrected chi connectivity index (χ4v) is 0.197. The molecule has 0 unspecified atom stereocenters. The second-order valence-corrected chi connectivity index (χ2v) is 1.01. The molecule has 0 radical (unpaired) electrons. The van der Waals surface area contributed by atoms with Gasteiger partial charge in [-0.2, -0.15) is 0 Å². The first-order valence-electron chi connectivity index (χ1n) is 3.17. The van der Waals surface area contributed by atoms with Gasteiger partial charge in [0.05, 0.1) is 0 Å². The SMILES string of the molecule is C=CN=C/C=C/C.CC. The van der Waals surface area contributed by atoms with Crippen molar-refractivity contribution in [2.75, 3.05) is 0 Å². The van der Waals surface area contributed by atoms with Crippen LogP contribution in [0.15, 0.2) is 29.9 Å². The van der Waals surface area contributed by atoms with Crippen LogP contribution in [0.2, 0.25) is 0 Å². The molecule has 1 nitrogen and oxygen atoms in total. The van der Waals surface area contributed by atoms with Crippen molar-refractivity contribution in [3.63, 3.8) is 0 Å². The zero-order chi connectivity index (χ0) is 7.54. The first kappa shape index (κ1) is 11.0. The summed E-state index contributed by atoms with van der Waals surface area (Å²) in [4.78, 5) is 3.71. The van der Waals surface area contributed by atoms with Gasteiger partial charge in [-0.1, -0.05) is 26.5 Å². The molecule has 0 rings (SSSR count). The lowest BCUT2D eigenvalue weighted by atomic mass is 10.6. The molecule has 0 bridgehead atoms. The highest BCUT2D eigenvalue weighted by atomic mass is 14.6. The van der Waals surface area contributed by atoms with Gasteiger partial charge in [-0.15, -0.1) is 0 Å². The Bertz CT molecular complexity index is 90.7. The summed E-state index contributed by atoms with van der Waals surface area (Å²) in [5.74, 6) is 0. The summed E-state index contributed by atoms with van der Waals surface area (Å²) >= 11 is 0. The lowest BCUT2D eigenvalue weighted by Crippen LogP contribution is -1.55. The second kappa shape index (κ2) is 15.7. The normalized spacial score (nSPS) is 9.22. The van der Waals surface area contributed by atoms with E-state index < -0.39 is 0 Å². The monoisotopic (exact) mass is 125 g/mol. The molecule has 0 aromatic rings. The molecule has 0 aliphatic rings. The van der Waals surface area contributed by atoms with Crippen LogP contribution in [-0.2, 0) is 0 Å². The van der Waals surface area contributed by atoms with E-state index in [1.165, 1.54) is 6.20 Å². The van der Waals surface area contributed by atoms with Crippen LogP contribution in [0, 0.1) is 0 Å². The Morgan fingerprint density at radius 3 is 2.22 bits per heavy atom. The maximum absolute atomic E-state index is 3.71. The molecule has 0 aromatic carbocycles. The quantitative estimate of drug-likeness (QED) is 0.503. The summed E-state index contributed by atoms with van der Waals surface area (Å²) in [5, 5.41) is 0. The average molecular weight is 125 g/mol. The van der Waals surface area contributed by atoms with Crippen molar-refractivity contribution in [2.24, 2.45) is 4.99 Å². The largest absolute Gasteiger partial charge is 0.265 e.